The van der Waals surface area contributed by atoms with Gasteiger partial charge in [-0.1, -0.05) is 13.3 Å². The van der Waals surface area contributed by atoms with Gasteiger partial charge in [0.25, 0.3) is 0 Å². The average Bonchev–Trinajstić information content (AvgIpc) is 2.94. The Morgan fingerprint density at radius 1 is 1.22 bits per heavy atom. The van der Waals surface area contributed by atoms with Crippen LogP contribution in [0.3, 0.4) is 0 Å². The van der Waals surface area contributed by atoms with Gasteiger partial charge in [0, 0.05) is 0 Å². The second kappa shape index (κ2) is 9.09. The molecule has 0 spiro atoms. The number of carbonyl (C=O) groups excluding carboxylic acids is 2. The second-order valence-corrected chi connectivity index (χ2v) is 7.36. The van der Waals surface area contributed by atoms with Crippen molar-refractivity contribution in [2.75, 3.05) is 26.4 Å². The number of ether oxygens (including phenoxy) is 2. The first kappa shape index (κ1) is 21.0. The smallest absolute Gasteiger partial charge is 0.348 e. The van der Waals surface area contributed by atoms with Gasteiger partial charge < -0.3 is 15.2 Å². The molecule has 0 aromatic carbocycles. The topological polar surface area (TPSA) is 108 Å². The van der Waals surface area contributed by atoms with Crippen molar-refractivity contribution in [2.45, 2.75) is 46.3 Å². The second-order valence-electron chi connectivity index (χ2n) is 6.36. The van der Waals surface area contributed by atoms with Crippen LogP contribution in [0.4, 0.5) is 5.82 Å². The fraction of sp³-hybridized carbons (Fsp3) is 0.556. The number of carbonyl (C=O) groups is 2. The first-order chi connectivity index (χ1) is 12.8. The third kappa shape index (κ3) is 4.72. The Morgan fingerprint density at radius 2 is 1.93 bits per heavy atom. The Morgan fingerprint density at radius 3 is 2.52 bits per heavy atom. The van der Waals surface area contributed by atoms with Gasteiger partial charge in [0.2, 0.25) is 0 Å². The van der Waals surface area contributed by atoms with Crippen LogP contribution in [0.1, 0.15) is 47.7 Å². The molecule has 2 aromatic rings. The van der Waals surface area contributed by atoms with Crippen molar-refractivity contribution in [2.24, 2.45) is 0 Å². The van der Waals surface area contributed by atoms with E-state index in [0.717, 1.165) is 6.42 Å². The molecule has 2 heterocycles. The first-order valence-corrected chi connectivity index (χ1v) is 9.67. The predicted octanol–water partition coefficient (Wildman–Crippen LogP) is 2.53. The number of nitrogen functional groups attached to an aromatic ring is 1. The molecule has 148 valence electrons. The maximum Gasteiger partial charge on any atom is 0.348 e. The van der Waals surface area contributed by atoms with Crippen molar-refractivity contribution in [1.29, 1.82) is 0 Å². The summed E-state index contributed by atoms with van der Waals surface area (Å²) < 4.78 is 10.5. The molecule has 9 heteroatoms. The lowest BCUT2D eigenvalue weighted by atomic mass is 10.1. The molecule has 0 saturated carbocycles. The standard InChI is InChI=1S/C18H26N4O4S/c1-6-8-11(22(4)5)17(23)26-9-12-20-15(19)13-10(3)14(18(24)25-7-2)27-16(13)21-12/h11H,6-9H2,1-5H3,(H2,19,20,21). The zero-order valence-electron chi connectivity index (χ0n) is 16.4. The van der Waals surface area contributed by atoms with Gasteiger partial charge >= 0.3 is 11.9 Å². The van der Waals surface area contributed by atoms with Crippen LogP contribution in [0.2, 0.25) is 0 Å². The number of thiophene rings is 1. The molecule has 0 amide bonds. The maximum atomic E-state index is 12.3. The Labute approximate surface area is 162 Å². The van der Waals surface area contributed by atoms with Gasteiger partial charge in [-0.2, -0.15) is 0 Å². The van der Waals surface area contributed by atoms with Gasteiger partial charge in [-0.05, 0) is 39.9 Å². The molecule has 2 aromatic heterocycles. The maximum absolute atomic E-state index is 12.3. The number of aryl methyl sites for hydroxylation is 1. The Kier molecular flexibility index (Phi) is 7.09. The number of esters is 2. The minimum atomic E-state index is -0.404. The van der Waals surface area contributed by atoms with Crippen LogP contribution >= 0.6 is 11.3 Å². The SMILES string of the molecule is CCCC(C(=O)OCc1nc(N)c2c(C)c(C(=O)OCC)sc2n1)N(C)C. The van der Waals surface area contributed by atoms with Crippen LogP contribution in [-0.2, 0) is 20.9 Å². The summed E-state index contributed by atoms with van der Waals surface area (Å²) >= 11 is 1.20. The van der Waals surface area contributed by atoms with E-state index in [-0.39, 0.29) is 24.4 Å². The molecule has 2 N–H and O–H groups in total. The van der Waals surface area contributed by atoms with E-state index < -0.39 is 5.97 Å². The normalized spacial score (nSPS) is 12.4. The molecule has 0 saturated heterocycles. The fourth-order valence-electron chi connectivity index (χ4n) is 2.76. The highest BCUT2D eigenvalue weighted by Gasteiger charge is 2.23. The monoisotopic (exact) mass is 394 g/mol. The van der Waals surface area contributed by atoms with Gasteiger partial charge in [0.05, 0.1) is 12.0 Å². The number of fused-ring (bicyclic) bond motifs is 1. The molecule has 0 bridgehead atoms. The molecule has 0 aliphatic heterocycles. The van der Waals surface area contributed by atoms with E-state index in [9.17, 15) is 9.59 Å². The summed E-state index contributed by atoms with van der Waals surface area (Å²) in [5.41, 5.74) is 6.76. The Bertz CT molecular complexity index is 834. The van der Waals surface area contributed by atoms with Gasteiger partial charge in [0.15, 0.2) is 12.4 Å². The van der Waals surface area contributed by atoms with Gasteiger partial charge in [-0.15, -0.1) is 11.3 Å². The Balaban J connectivity index is 2.23. The number of rotatable bonds is 8. The zero-order chi connectivity index (χ0) is 20.1. The number of aromatic nitrogens is 2. The molecule has 0 radical (unpaired) electrons. The summed E-state index contributed by atoms with van der Waals surface area (Å²) in [5, 5.41) is 0.635. The van der Waals surface area contributed by atoms with E-state index in [4.69, 9.17) is 15.2 Å². The highest BCUT2D eigenvalue weighted by molar-refractivity contribution is 7.20. The predicted molar refractivity (Wildman–Crippen MR) is 105 cm³/mol. The Hall–Kier alpha value is -2.26. The lowest BCUT2D eigenvalue weighted by molar-refractivity contribution is -0.151. The summed E-state index contributed by atoms with van der Waals surface area (Å²) in [7, 11) is 3.68. The quantitative estimate of drug-likeness (QED) is 0.681. The molecule has 8 nitrogen and oxygen atoms in total. The van der Waals surface area contributed by atoms with Crippen LogP contribution in [0.25, 0.3) is 10.2 Å². The van der Waals surface area contributed by atoms with E-state index in [2.05, 4.69) is 9.97 Å². The summed E-state index contributed by atoms with van der Waals surface area (Å²) in [6.45, 7) is 5.78. The van der Waals surface area contributed by atoms with Crippen LogP contribution in [-0.4, -0.2) is 53.6 Å². The minimum absolute atomic E-state index is 0.0707. The van der Waals surface area contributed by atoms with Crippen molar-refractivity contribution in [3.63, 3.8) is 0 Å². The highest BCUT2D eigenvalue weighted by Crippen LogP contribution is 2.33. The van der Waals surface area contributed by atoms with Crippen molar-refractivity contribution < 1.29 is 19.1 Å². The average molecular weight is 394 g/mol. The highest BCUT2D eigenvalue weighted by atomic mass is 32.1. The van der Waals surface area contributed by atoms with Gasteiger partial charge in [-0.25, -0.2) is 14.8 Å². The number of nitrogens with two attached hydrogens (primary N) is 1. The summed E-state index contributed by atoms with van der Waals surface area (Å²) in [6.07, 6.45) is 1.58. The van der Waals surface area contributed by atoms with E-state index in [1.165, 1.54) is 11.3 Å². The lowest BCUT2D eigenvalue weighted by Gasteiger charge is -2.21. The number of likely N-dealkylation sites (N-methyl/N-ethyl adjacent to an activating group) is 1. The lowest BCUT2D eigenvalue weighted by Crippen LogP contribution is -2.37. The van der Waals surface area contributed by atoms with Crippen LogP contribution < -0.4 is 5.73 Å². The summed E-state index contributed by atoms with van der Waals surface area (Å²) in [6, 6.07) is -0.310. The number of hydrogen-bond donors (Lipinski definition) is 1. The summed E-state index contributed by atoms with van der Waals surface area (Å²) in [5.74, 6) is -0.162. The van der Waals surface area contributed by atoms with Gasteiger partial charge in [0.1, 0.15) is 21.6 Å². The molecule has 1 atom stereocenters. The van der Waals surface area contributed by atoms with Crippen molar-refractivity contribution in [1.82, 2.24) is 14.9 Å². The molecular weight excluding hydrogens is 368 g/mol. The molecular formula is C18H26N4O4S. The van der Waals surface area contributed by atoms with E-state index in [1.54, 1.807) is 13.8 Å². The van der Waals surface area contributed by atoms with Crippen LogP contribution in [0, 0.1) is 6.92 Å². The van der Waals surface area contributed by atoms with E-state index >= 15 is 0 Å². The van der Waals surface area contributed by atoms with E-state index in [1.807, 2.05) is 25.9 Å². The summed E-state index contributed by atoms with van der Waals surface area (Å²) in [4.78, 5) is 35.9. The fourth-order valence-corrected chi connectivity index (χ4v) is 3.87. The third-order valence-corrected chi connectivity index (χ3v) is 5.29. The number of nitrogens with zero attached hydrogens (tertiary/aromatic N) is 3. The van der Waals surface area contributed by atoms with E-state index in [0.29, 0.717) is 39.5 Å². The van der Waals surface area contributed by atoms with Gasteiger partial charge in [-0.3, -0.25) is 9.69 Å². The molecule has 2 rings (SSSR count). The van der Waals surface area contributed by atoms with Crippen LogP contribution in [0.15, 0.2) is 0 Å². The zero-order valence-corrected chi connectivity index (χ0v) is 17.2. The molecule has 27 heavy (non-hydrogen) atoms. The minimum Gasteiger partial charge on any atom is -0.462 e. The largest absolute Gasteiger partial charge is 0.462 e. The molecule has 1 unspecified atom stereocenters. The van der Waals surface area contributed by atoms with Crippen molar-refractivity contribution in [3.8, 4) is 0 Å². The number of anilines is 1. The molecule has 0 aliphatic carbocycles. The van der Waals surface area contributed by atoms with Crippen molar-refractivity contribution >= 4 is 39.3 Å². The van der Waals surface area contributed by atoms with Crippen LogP contribution in [0.5, 0.6) is 0 Å². The molecule has 0 aliphatic rings. The third-order valence-electron chi connectivity index (χ3n) is 4.13. The number of hydrogen-bond acceptors (Lipinski definition) is 9. The van der Waals surface area contributed by atoms with Crippen molar-refractivity contribution in [3.05, 3.63) is 16.3 Å². The first-order valence-electron chi connectivity index (χ1n) is 8.85. The molecule has 0 fully saturated rings.